The van der Waals surface area contributed by atoms with Gasteiger partial charge in [0, 0.05) is 25.7 Å². The molecule has 1 saturated carbocycles. The van der Waals surface area contributed by atoms with E-state index in [1.165, 1.54) is 12.8 Å². The summed E-state index contributed by atoms with van der Waals surface area (Å²) in [6.45, 7) is 5.18. The molecule has 1 aliphatic rings. The number of amides is 1. The number of methoxy groups -OCH3 is 1. The van der Waals surface area contributed by atoms with E-state index >= 15 is 0 Å². The lowest BCUT2D eigenvalue weighted by Crippen LogP contribution is -2.55. The Morgan fingerprint density at radius 3 is 2.61 bits per heavy atom. The Balaban J connectivity index is 2.47. The Morgan fingerprint density at radius 2 is 2.11 bits per heavy atom. The lowest BCUT2D eigenvalue weighted by molar-refractivity contribution is -0.124. The Kier molecular flexibility index (Phi) is 6.60. The molecule has 0 aliphatic heterocycles. The van der Waals surface area contributed by atoms with Crippen molar-refractivity contribution in [1.29, 1.82) is 0 Å². The van der Waals surface area contributed by atoms with Gasteiger partial charge in [-0.05, 0) is 19.4 Å². The van der Waals surface area contributed by atoms with E-state index in [0.717, 1.165) is 19.4 Å². The van der Waals surface area contributed by atoms with Crippen LogP contribution >= 0.6 is 0 Å². The Hall–Kier alpha value is -0.650. The highest BCUT2D eigenvalue weighted by Gasteiger charge is 2.38. The minimum atomic E-state index is 0.0490. The predicted octanol–water partition coefficient (Wildman–Crippen LogP) is 0.342. The van der Waals surface area contributed by atoms with Gasteiger partial charge in [0.05, 0.1) is 13.2 Å². The van der Waals surface area contributed by atoms with Crippen LogP contribution in [0.5, 0.6) is 0 Å². The fourth-order valence-corrected chi connectivity index (χ4v) is 2.82. The quantitative estimate of drug-likeness (QED) is 0.615. The standard InChI is InChI=1S/C13H27N3O2/c1-3-16(10-12(17)15-8-9-18-2)13(11-14)6-4-5-7-13/h3-11,14H2,1-2H3,(H,15,17). The maximum absolute atomic E-state index is 11.9. The number of likely N-dealkylation sites (N-methyl/N-ethyl adjacent to an activating group) is 1. The predicted molar refractivity (Wildman–Crippen MR) is 72.4 cm³/mol. The van der Waals surface area contributed by atoms with Crippen molar-refractivity contribution in [2.45, 2.75) is 38.1 Å². The fraction of sp³-hybridized carbons (Fsp3) is 0.923. The number of rotatable bonds is 8. The van der Waals surface area contributed by atoms with E-state index in [-0.39, 0.29) is 11.4 Å². The van der Waals surface area contributed by atoms with Crippen molar-refractivity contribution in [3.63, 3.8) is 0 Å². The van der Waals surface area contributed by atoms with Crippen molar-refractivity contribution in [3.8, 4) is 0 Å². The molecule has 0 aromatic carbocycles. The molecular weight excluding hydrogens is 230 g/mol. The normalized spacial score (nSPS) is 18.2. The third-order valence-corrected chi connectivity index (χ3v) is 3.93. The molecule has 0 atom stereocenters. The van der Waals surface area contributed by atoms with Gasteiger partial charge in [0.25, 0.3) is 0 Å². The van der Waals surface area contributed by atoms with E-state index in [1.54, 1.807) is 7.11 Å². The minimum Gasteiger partial charge on any atom is -0.383 e. The molecule has 0 saturated heterocycles. The lowest BCUT2D eigenvalue weighted by Gasteiger charge is -2.39. The molecular formula is C13H27N3O2. The second-order valence-electron chi connectivity index (χ2n) is 4.99. The van der Waals surface area contributed by atoms with Crippen molar-refractivity contribution in [2.24, 2.45) is 5.73 Å². The molecule has 0 radical (unpaired) electrons. The molecule has 0 aromatic heterocycles. The number of hydrogen-bond donors (Lipinski definition) is 2. The van der Waals surface area contributed by atoms with E-state index in [1.807, 2.05) is 0 Å². The summed E-state index contributed by atoms with van der Waals surface area (Å²) in [6.07, 6.45) is 4.67. The van der Waals surface area contributed by atoms with Crippen molar-refractivity contribution < 1.29 is 9.53 Å². The van der Waals surface area contributed by atoms with Crippen LogP contribution in [0, 0.1) is 0 Å². The zero-order valence-corrected chi connectivity index (χ0v) is 11.7. The largest absolute Gasteiger partial charge is 0.383 e. The maximum Gasteiger partial charge on any atom is 0.234 e. The van der Waals surface area contributed by atoms with E-state index < -0.39 is 0 Å². The van der Waals surface area contributed by atoms with Gasteiger partial charge >= 0.3 is 0 Å². The van der Waals surface area contributed by atoms with E-state index in [9.17, 15) is 4.79 Å². The smallest absolute Gasteiger partial charge is 0.234 e. The third-order valence-electron chi connectivity index (χ3n) is 3.93. The summed E-state index contributed by atoms with van der Waals surface area (Å²) in [6, 6.07) is 0. The van der Waals surface area contributed by atoms with E-state index in [2.05, 4.69) is 17.1 Å². The van der Waals surface area contributed by atoms with Crippen molar-refractivity contribution in [1.82, 2.24) is 10.2 Å². The molecule has 18 heavy (non-hydrogen) atoms. The second kappa shape index (κ2) is 7.71. The molecule has 0 heterocycles. The van der Waals surface area contributed by atoms with Crippen LogP contribution in [-0.2, 0) is 9.53 Å². The molecule has 1 amide bonds. The Labute approximate surface area is 110 Å². The summed E-state index contributed by atoms with van der Waals surface area (Å²) in [4.78, 5) is 14.1. The highest BCUT2D eigenvalue weighted by molar-refractivity contribution is 5.78. The topological polar surface area (TPSA) is 67.6 Å². The first-order chi connectivity index (χ1) is 8.68. The molecule has 5 nitrogen and oxygen atoms in total. The number of nitrogens with one attached hydrogen (secondary N) is 1. The fourth-order valence-electron chi connectivity index (χ4n) is 2.82. The summed E-state index contributed by atoms with van der Waals surface area (Å²) >= 11 is 0. The van der Waals surface area contributed by atoms with E-state index in [0.29, 0.717) is 26.2 Å². The zero-order valence-electron chi connectivity index (χ0n) is 11.7. The lowest BCUT2D eigenvalue weighted by atomic mass is 9.95. The minimum absolute atomic E-state index is 0.0490. The van der Waals surface area contributed by atoms with Gasteiger partial charge in [-0.15, -0.1) is 0 Å². The van der Waals surface area contributed by atoms with Crippen molar-refractivity contribution in [3.05, 3.63) is 0 Å². The first kappa shape index (κ1) is 15.4. The highest BCUT2D eigenvalue weighted by Crippen LogP contribution is 2.34. The SMILES string of the molecule is CCN(CC(=O)NCCOC)C1(CN)CCCC1. The Morgan fingerprint density at radius 1 is 1.44 bits per heavy atom. The van der Waals surface area contributed by atoms with Crippen molar-refractivity contribution >= 4 is 5.91 Å². The van der Waals surface area contributed by atoms with Crippen LogP contribution in [0.2, 0.25) is 0 Å². The van der Waals surface area contributed by atoms with Crippen molar-refractivity contribution in [2.75, 3.05) is 39.9 Å². The summed E-state index contributed by atoms with van der Waals surface area (Å²) in [7, 11) is 1.63. The summed E-state index contributed by atoms with van der Waals surface area (Å²) in [5, 5.41) is 2.87. The molecule has 3 N–H and O–H groups in total. The number of ether oxygens (including phenoxy) is 1. The molecule has 1 fully saturated rings. The average Bonchev–Trinajstić information content (AvgIpc) is 2.86. The van der Waals surface area contributed by atoms with Gasteiger partial charge in [0.1, 0.15) is 0 Å². The summed E-state index contributed by atoms with van der Waals surface area (Å²) in [5.41, 5.74) is 6.00. The molecule has 0 unspecified atom stereocenters. The molecule has 5 heteroatoms. The van der Waals surface area contributed by atoms with Crippen LogP contribution in [-0.4, -0.2) is 56.2 Å². The van der Waals surface area contributed by atoms with Crippen LogP contribution in [0.3, 0.4) is 0 Å². The van der Waals surface area contributed by atoms with Gasteiger partial charge in [-0.3, -0.25) is 9.69 Å². The second-order valence-corrected chi connectivity index (χ2v) is 4.99. The van der Waals surface area contributed by atoms with Gasteiger partial charge < -0.3 is 15.8 Å². The molecule has 106 valence electrons. The van der Waals surface area contributed by atoms with Crippen LogP contribution in [0.25, 0.3) is 0 Å². The van der Waals surface area contributed by atoms with Crippen LogP contribution in [0.4, 0.5) is 0 Å². The number of carbonyl (C=O) groups is 1. The van der Waals surface area contributed by atoms with Crippen LogP contribution in [0.15, 0.2) is 0 Å². The molecule has 0 bridgehead atoms. The number of hydrogen-bond acceptors (Lipinski definition) is 4. The average molecular weight is 257 g/mol. The molecule has 0 spiro atoms. The molecule has 1 aliphatic carbocycles. The summed E-state index contributed by atoms with van der Waals surface area (Å²) < 4.78 is 4.92. The monoisotopic (exact) mass is 257 g/mol. The molecule has 0 aromatic rings. The van der Waals surface area contributed by atoms with Gasteiger partial charge in [-0.2, -0.15) is 0 Å². The van der Waals surface area contributed by atoms with Gasteiger partial charge in [0.2, 0.25) is 5.91 Å². The highest BCUT2D eigenvalue weighted by atomic mass is 16.5. The van der Waals surface area contributed by atoms with Gasteiger partial charge in [-0.1, -0.05) is 19.8 Å². The molecule has 1 rings (SSSR count). The first-order valence-electron chi connectivity index (χ1n) is 6.89. The summed E-state index contributed by atoms with van der Waals surface area (Å²) in [5.74, 6) is 0.0635. The van der Waals surface area contributed by atoms with Crippen LogP contribution < -0.4 is 11.1 Å². The Bertz CT molecular complexity index is 253. The number of nitrogens with two attached hydrogens (primary N) is 1. The third kappa shape index (κ3) is 3.93. The van der Waals surface area contributed by atoms with Gasteiger partial charge in [-0.25, -0.2) is 0 Å². The number of carbonyl (C=O) groups excluding carboxylic acids is 1. The van der Waals surface area contributed by atoms with Crippen LogP contribution in [0.1, 0.15) is 32.6 Å². The maximum atomic E-state index is 11.9. The van der Waals surface area contributed by atoms with E-state index in [4.69, 9.17) is 10.5 Å². The zero-order chi connectivity index (χ0) is 13.4. The number of nitrogens with zero attached hydrogens (tertiary/aromatic N) is 1. The first-order valence-corrected chi connectivity index (χ1v) is 6.89. The van der Waals surface area contributed by atoms with Gasteiger partial charge in [0.15, 0.2) is 0 Å².